The maximum atomic E-state index is 12.5. The molecule has 1 aliphatic rings. The number of carbonyl (C=O) groups excluding carboxylic acids is 2. The normalized spacial score (nSPS) is 18.9. The number of ketones is 1. The van der Waals surface area contributed by atoms with E-state index in [9.17, 15) is 19.5 Å². The monoisotopic (exact) mass is 278 g/mol. The molecule has 2 heterocycles. The lowest BCUT2D eigenvalue weighted by atomic mass is 10.0. The molecular weight excluding hydrogens is 260 g/mol. The molecular formula is C14H18N2O4. The molecule has 0 aliphatic carbocycles. The van der Waals surface area contributed by atoms with Crippen molar-refractivity contribution in [3.63, 3.8) is 0 Å². The highest BCUT2D eigenvalue weighted by Crippen LogP contribution is 2.21. The van der Waals surface area contributed by atoms with Gasteiger partial charge in [0.05, 0.1) is 0 Å². The van der Waals surface area contributed by atoms with Gasteiger partial charge in [-0.15, -0.1) is 0 Å². The predicted octanol–water partition coefficient (Wildman–Crippen LogP) is 1.31. The molecule has 0 radical (unpaired) electrons. The van der Waals surface area contributed by atoms with Gasteiger partial charge in [-0.1, -0.05) is 0 Å². The molecule has 1 aromatic rings. The van der Waals surface area contributed by atoms with Crippen molar-refractivity contribution in [2.24, 2.45) is 7.05 Å². The number of nitrogens with zero attached hydrogens (tertiary/aromatic N) is 2. The van der Waals surface area contributed by atoms with Crippen molar-refractivity contribution < 1.29 is 19.5 Å². The van der Waals surface area contributed by atoms with Crippen molar-refractivity contribution in [3.05, 3.63) is 23.5 Å². The van der Waals surface area contributed by atoms with Crippen molar-refractivity contribution in [3.8, 4) is 0 Å². The lowest BCUT2D eigenvalue weighted by Crippen LogP contribution is -2.48. The SMILES string of the molecule is CC(=O)c1cc(C(=O)N2CCCC[C@@H]2C(=O)O)n(C)c1. The third-order valence-electron chi connectivity index (χ3n) is 3.68. The number of carboxylic acid groups (broad SMARTS) is 1. The minimum Gasteiger partial charge on any atom is -0.480 e. The van der Waals surface area contributed by atoms with Crippen molar-refractivity contribution in [1.29, 1.82) is 0 Å². The fraction of sp³-hybridized carbons (Fsp3) is 0.500. The zero-order valence-corrected chi connectivity index (χ0v) is 11.6. The van der Waals surface area contributed by atoms with Gasteiger partial charge in [-0.3, -0.25) is 9.59 Å². The van der Waals surface area contributed by atoms with Crippen molar-refractivity contribution in [2.45, 2.75) is 32.2 Å². The minimum atomic E-state index is -0.973. The van der Waals surface area contributed by atoms with Gasteiger partial charge in [0, 0.05) is 25.4 Å². The minimum absolute atomic E-state index is 0.118. The van der Waals surface area contributed by atoms with Gasteiger partial charge in [0.2, 0.25) is 0 Å². The highest BCUT2D eigenvalue weighted by atomic mass is 16.4. The fourth-order valence-electron chi connectivity index (χ4n) is 2.55. The topological polar surface area (TPSA) is 79.6 Å². The second kappa shape index (κ2) is 5.48. The van der Waals surface area contributed by atoms with E-state index in [-0.39, 0.29) is 11.7 Å². The zero-order chi connectivity index (χ0) is 14.9. The first-order valence-corrected chi connectivity index (χ1v) is 6.63. The van der Waals surface area contributed by atoms with Crippen LogP contribution in [0.3, 0.4) is 0 Å². The molecule has 20 heavy (non-hydrogen) atoms. The molecule has 0 spiro atoms. The van der Waals surface area contributed by atoms with E-state index in [0.717, 1.165) is 12.8 Å². The molecule has 1 fully saturated rings. The highest BCUT2D eigenvalue weighted by molar-refractivity contribution is 6.00. The summed E-state index contributed by atoms with van der Waals surface area (Å²) < 4.78 is 1.58. The highest BCUT2D eigenvalue weighted by Gasteiger charge is 2.33. The van der Waals surface area contributed by atoms with Crippen LogP contribution in [0.2, 0.25) is 0 Å². The van der Waals surface area contributed by atoms with Crippen LogP contribution in [-0.2, 0) is 11.8 Å². The smallest absolute Gasteiger partial charge is 0.326 e. The second-order valence-electron chi connectivity index (χ2n) is 5.13. The van der Waals surface area contributed by atoms with Crippen LogP contribution in [0.4, 0.5) is 0 Å². The first kappa shape index (κ1) is 14.3. The van der Waals surface area contributed by atoms with Gasteiger partial charge >= 0.3 is 5.97 Å². The van der Waals surface area contributed by atoms with Crippen LogP contribution in [0.25, 0.3) is 0 Å². The number of aryl methyl sites for hydroxylation is 1. The number of rotatable bonds is 3. The van der Waals surface area contributed by atoms with Gasteiger partial charge < -0.3 is 14.6 Å². The van der Waals surface area contributed by atoms with Crippen LogP contribution >= 0.6 is 0 Å². The summed E-state index contributed by atoms with van der Waals surface area (Å²) in [6, 6.07) is 0.755. The number of hydrogen-bond donors (Lipinski definition) is 1. The molecule has 108 valence electrons. The summed E-state index contributed by atoms with van der Waals surface area (Å²) >= 11 is 0. The van der Waals surface area contributed by atoms with Crippen molar-refractivity contribution in [1.82, 2.24) is 9.47 Å². The number of carbonyl (C=O) groups is 3. The second-order valence-corrected chi connectivity index (χ2v) is 5.13. The van der Waals surface area contributed by atoms with E-state index in [0.29, 0.717) is 24.2 Å². The number of amides is 1. The Bertz CT molecular complexity index is 562. The lowest BCUT2D eigenvalue weighted by Gasteiger charge is -2.32. The molecule has 0 aromatic carbocycles. The van der Waals surface area contributed by atoms with Crippen LogP contribution < -0.4 is 0 Å². The third-order valence-corrected chi connectivity index (χ3v) is 3.68. The molecule has 1 saturated heterocycles. The van der Waals surface area contributed by atoms with Crippen LogP contribution in [0.1, 0.15) is 47.0 Å². The summed E-state index contributed by atoms with van der Waals surface area (Å²) in [5, 5.41) is 9.21. The maximum absolute atomic E-state index is 12.5. The van der Waals surface area contributed by atoms with E-state index in [1.807, 2.05) is 0 Å². The summed E-state index contributed by atoms with van der Waals surface area (Å²) in [4.78, 5) is 36.5. The van der Waals surface area contributed by atoms with Gasteiger partial charge in [-0.25, -0.2) is 4.79 Å². The number of Topliss-reactive ketones (excluding diaryl/α,β-unsaturated/α-hetero) is 1. The van der Waals surface area contributed by atoms with Crippen molar-refractivity contribution >= 4 is 17.7 Å². The Hall–Kier alpha value is -2.11. The summed E-state index contributed by atoms with van der Waals surface area (Å²) in [6.45, 7) is 1.88. The Balaban J connectivity index is 2.29. The summed E-state index contributed by atoms with van der Waals surface area (Å²) in [7, 11) is 1.68. The molecule has 2 rings (SSSR count). The van der Waals surface area contributed by atoms with Crippen LogP contribution in [0.15, 0.2) is 12.3 Å². The first-order valence-electron chi connectivity index (χ1n) is 6.63. The van der Waals surface area contributed by atoms with E-state index in [2.05, 4.69) is 0 Å². The average Bonchev–Trinajstić information content (AvgIpc) is 2.80. The van der Waals surface area contributed by atoms with Gasteiger partial charge in [-0.05, 0) is 32.3 Å². The number of aromatic nitrogens is 1. The molecule has 1 aromatic heterocycles. The molecule has 1 atom stereocenters. The van der Waals surface area contributed by atoms with E-state index >= 15 is 0 Å². The Labute approximate surface area is 117 Å². The molecule has 6 heteroatoms. The molecule has 1 aliphatic heterocycles. The molecule has 1 amide bonds. The standard InChI is InChI=1S/C14H18N2O4/c1-9(17)10-7-12(15(2)8-10)13(18)16-6-4-3-5-11(16)14(19)20/h7-8,11H,3-6H2,1-2H3,(H,19,20)/t11-/m1/s1. The predicted molar refractivity (Wildman–Crippen MR) is 71.7 cm³/mol. The Morgan fingerprint density at radius 3 is 2.55 bits per heavy atom. The third kappa shape index (κ3) is 2.59. The van der Waals surface area contributed by atoms with Crippen molar-refractivity contribution in [2.75, 3.05) is 6.54 Å². The summed E-state index contributed by atoms with van der Waals surface area (Å²) in [5.74, 6) is -1.42. The number of piperidine rings is 1. The number of carboxylic acids is 1. The average molecular weight is 278 g/mol. The van der Waals surface area contributed by atoms with E-state index < -0.39 is 12.0 Å². The fourth-order valence-corrected chi connectivity index (χ4v) is 2.55. The zero-order valence-electron chi connectivity index (χ0n) is 11.6. The molecule has 1 N–H and O–H groups in total. The number of likely N-dealkylation sites (tertiary alicyclic amines) is 1. The molecule has 0 bridgehead atoms. The Morgan fingerprint density at radius 1 is 1.30 bits per heavy atom. The maximum Gasteiger partial charge on any atom is 0.326 e. The van der Waals surface area contributed by atoms with E-state index in [4.69, 9.17) is 0 Å². The van der Waals surface area contributed by atoms with Gasteiger partial charge in [0.25, 0.3) is 5.91 Å². The first-order chi connectivity index (χ1) is 9.41. The van der Waals surface area contributed by atoms with Gasteiger partial charge in [0.1, 0.15) is 11.7 Å². The largest absolute Gasteiger partial charge is 0.480 e. The van der Waals surface area contributed by atoms with Gasteiger partial charge in [0.15, 0.2) is 5.78 Å². The quantitative estimate of drug-likeness (QED) is 0.845. The van der Waals surface area contributed by atoms with Crippen LogP contribution in [0, 0.1) is 0 Å². The Morgan fingerprint density at radius 2 is 2.00 bits per heavy atom. The van der Waals surface area contributed by atoms with E-state index in [1.54, 1.807) is 17.8 Å². The number of aliphatic carboxylic acids is 1. The number of hydrogen-bond acceptors (Lipinski definition) is 3. The molecule has 6 nitrogen and oxygen atoms in total. The van der Waals surface area contributed by atoms with Gasteiger partial charge in [-0.2, -0.15) is 0 Å². The molecule has 0 saturated carbocycles. The van der Waals surface area contributed by atoms with Crippen LogP contribution in [0.5, 0.6) is 0 Å². The molecule has 0 unspecified atom stereocenters. The van der Waals surface area contributed by atoms with Crippen LogP contribution in [-0.4, -0.2) is 44.8 Å². The Kier molecular flexibility index (Phi) is 3.92. The van der Waals surface area contributed by atoms with E-state index in [1.165, 1.54) is 17.9 Å². The summed E-state index contributed by atoms with van der Waals surface area (Å²) in [6.07, 6.45) is 3.69. The summed E-state index contributed by atoms with van der Waals surface area (Å²) in [5.41, 5.74) is 0.808. The lowest BCUT2D eigenvalue weighted by molar-refractivity contribution is -0.143.